The van der Waals surface area contributed by atoms with Crippen LogP contribution in [0.3, 0.4) is 0 Å². The van der Waals surface area contributed by atoms with Crippen molar-refractivity contribution in [3.63, 3.8) is 0 Å². The van der Waals surface area contributed by atoms with E-state index in [4.69, 9.17) is 11.6 Å². The summed E-state index contributed by atoms with van der Waals surface area (Å²) in [5.41, 5.74) is 2.64. The first-order chi connectivity index (χ1) is 11.2. The second-order valence-corrected chi connectivity index (χ2v) is 6.48. The van der Waals surface area contributed by atoms with Crippen LogP contribution in [0.4, 0.5) is 5.82 Å². The van der Waals surface area contributed by atoms with Crippen molar-refractivity contribution >= 4 is 23.3 Å². The fourth-order valence-electron chi connectivity index (χ4n) is 3.22. The van der Waals surface area contributed by atoms with Gasteiger partial charge in [-0.25, -0.2) is 0 Å². The quantitative estimate of drug-likeness (QED) is 0.850. The van der Waals surface area contributed by atoms with Gasteiger partial charge in [0.05, 0.1) is 0 Å². The maximum atomic E-state index is 12.6. The van der Waals surface area contributed by atoms with Gasteiger partial charge in [0, 0.05) is 31.2 Å². The number of carbonyl (C=O) groups is 1. The molecular formula is C17H17ClN4O. The molecule has 1 aromatic heterocycles. The van der Waals surface area contributed by atoms with E-state index in [1.807, 2.05) is 24.3 Å². The van der Waals surface area contributed by atoms with E-state index in [1.54, 1.807) is 11.0 Å². The van der Waals surface area contributed by atoms with Gasteiger partial charge in [-0.2, -0.15) is 0 Å². The Bertz CT molecular complexity index is 741. The van der Waals surface area contributed by atoms with Crippen LogP contribution >= 0.6 is 11.6 Å². The first-order valence-electron chi connectivity index (χ1n) is 7.86. The summed E-state index contributed by atoms with van der Waals surface area (Å²) in [6.45, 7) is 3.21. The Morgan fingerprint density at radius 3 is 2.52 bits per heavy atom. The molecule has 4 rings (SSSR count). The SMILES string of the molecule is O=C(c1ccc(N2CCCC2)nn1)N1Cc2ccc(Cl)cc2C1. The molecule has 0 bridgehead atoms. The first kappa shape index (κ1) is 14.5. The number of benzene rings is 1. The zero-order chi connectivity index (χ0) is 15.8. The van der Waals surface area contributed by atoms with Crippen LogP contribution in [0.5, 0.6) is 0 Å². The average Bonchev–Trinajstić information content (AvgIpc) is 3.23. The summed E-state index contributed by atoms with van der Waals surface area (Å²) in [5.74, 6) is 0.772. The molecule has 0 radical (unpaired) electrons. The standard InChI is InChI=1S/C17H17ClN4O/c18-14-4-3-12-10-22(11-13(12)9-14)17(23)15-5-6-16(20-19-15)21-7-1-2-8-21/h3-6,9H,1-2,7-8,10-11H2. The third-order valence-electron chi connectivity index (χ3n) is 4.48. The Hall–Kier alpha value is -2.14. The van der Waals surface area contributed by atoms with Gasteiger partial charge < -0.3 is 9.80 Å². The highest BCUT2D eigenvalue weighted by Crippen LogP contribution is 2.26. The second-order valence-electron chi connectivity index (χ2n) is 6.05. The molecule has 1 fully saturated rings. The summed E-state index contributed by atoms with van der Waals surface area (Å²) in [7, 11) is 0. The summed E-state index contributed by atoms with van der Waals surface area (Å²) in [4.78, 5) is 16.6. The Morgan fingerprint density at radius 1 is 1.00 bits per heavy atom. The lowest BCUT2D eigenvalue weighted by Crippen LogP contribution is -2.27. The normalized spacial score (nSPS) is 16.7. The Balaban J connectivity index is 1.49. The van der Waals surface area contributed by atoms with Gasteiger partial charge in [-0.15, -0.1) is 10.2 Å². The molecule has 118 valence electrons. The highest BCUT2D eigenvalue weighted by Gasteiger charge is 2.25. The number of nitrogens with zero attached hydrogens (tertiary/aromatic N) is 4. The smallest absolute Gasteiger partial charge is 0.274 e. The number of halogens is 1. The summed E-state index contributed by atoms with van der Waals surface area (Å²) in [6.07, 6.45) is 2.38. The summed E-state index contributed by atoms with van der Waals surface area (Å²) >= 11 is 6.02. The lowest BCUT2D eigenvalue weighted by molar-refractivity contribution is 0.0744. The zero-order valence-electron chi connectivity index (χ0n) is 12.7. The molecule has 0 spiro atoms. The maximum Gasteiger partial charge on any atom is 0.274 e. The number of hydrogen-bond donors (Lipinski definition) is 0. The van der Waals surface area contributed by atoms with Gasteiger partial charge in [-0.3, -0.25) is 4.79 Å². The van der Waals surface area contributed by atoms with Crippen LogP contribution < -0.4 is 4.90 Å². The van der Waals surface area contributed by atoms with E-state index >= 15 is 0 Å². The largest absolute Gasteiger partial charge is 0.355 e. The molecule has 0 unspecified atom stereocenters. The van der Waals surface area contributed by atoms with Crippen molar-refractivity contribution in [1.29, 1.82) is 0 Å². The lowest BCUT2D eigenvalue weighted by atomic mass is 10.1. The van der Waals surface area contributed by atoms with E-state index < -0.39 is 0 Å². The van der Waals surface area contributed by atoms with Crippen molar-refractivity contribution in [2.45, 2.75) is 25.9 Å². The lowest BCUT2D eigenvalue weighted by Gasteiger charge is -2.17. The molecule has 3 heterocycles. The molecule has 0 N–H and O–H groups in total. The fraction of sp³-hybridized carbons (Fsp3) is 0.353. The predicted molar refractivity (Wildman–Crippen MR) is 88.5 cm³/mol. The molecule has 6 heteroatoms. The molecule has 1 saturated heterocycles. The van der Waals surface area contributed by atoms with Crippen molar-refractivity contribution in [1.82, 2.24) is 15.1 Å². The van der Waals surface area contributed by atoms with Gasteiger partial charge in [0.2, 0.25) is 0 Å². The summed E-state index contributed by atoms with van der Waals surface area (Å²) in [5, 5.41) is 9.06. The molecule has 2 aliphatic rings. The van der Waals surface area contributed by atoms with Gasteiger partial charge in [0.15, 0.2) is 11.5 Å². The Labute approximate surface area is 139 Å². The van der Waals surface area contributed by atoms with Crippen LogP contribution in [0.15, 0.2) is 30.3 Å². The molecule has 0 saturated carbocycles. The predicted octanol–water partition coefficient (Wildman–Crippen LogP) is 2.89. The second kappa shape index (κ2) is 5.81. The minimum Gasteiger partial charge on any atom is -0.355 e. The van der Waals surface area contributed by atoms with Gasteiger partial charge in [-0.05, 0) is 48.2 Å². The fourth-order valence-corrected chi connectivity index (χ4v) is 3.42. The zero-order valence-corrected chi connectivity index (χ0v) is 13.5. The van der Waals surface area contributed by atoms with Crippen LogP contribution in [0, 0.1) is 0 Å². The molecule has 2 aromatic rings. The van der Waals surface area contributed by atoms with E-state index in [2.05, 4.69) is 15.1 Å². The molecule has 2 aliphatic heterocycles. The maximum absolute atomic E-state index is 12.6. The third-order valence-corrected chi connectivity index (χ3v) is 4.71. The highest BCUT2D eigenvalue weighted by atomic mass is 35.5. The molecule has 23 heavy (non-hydrogen) atoms. The summed E-state index contributed by atoms with van der Waals surface area (Å²) < 4.78 is 0. The topological polar surface area (TPSA) is 49.3 Å². The number of carbonyl (C=O) groups excluding carboxylic acids is 1. The molecule has 5 nitrogen and oxygen atoms in total. The van der Waals surface area contributed by atoms with E-state index in [9.17, 15) is 4.79 Å². The van der Waals surface area contributed by atoms with E-state index in [0.29, 0.717) is 23.8 Å². The van der Waals surface area contributed by atoms with Gasteiger partial charge in [0.25, 0.3) is 5.91 Å². The molecule has 0 atom stereocenters. The number of rotatable bonds is 2. The molecular weight excluding hydrogens is 312 g/mol. The van der Waals surface area contributed by atoms with E-state index in [-0.39, 0.29) is 5.91 Å². The Kier molecular flexibility index (Phi) is 3.65. The molecule has 1 amide bonds. The van der Waals surface area contributed by atoms with Crippen molar-refractivity contribution in [2.24, 2.45) is 0 Å². The number of amides is 1. The van der Waals surface area contributed by atoms with Crippen LogP contribution in [0.1, 0.15) is 34.5 Å². The minimum absolute atomic E-state index is 0.0854. The monoisotopic (exact) mass is 328 g/mol. The third kappa shape index (κ3) is 2.77. The van der Waals surface area contributed by atoms with Gasteiger partial charge in [-0.1, -0.05) is 17.7 Å². The van der Waals surface area contributed by atoms with Crippen LogP contribution in [-0.4, -0.2) is 34.1 Å². The van der Waals surface area contributed by atoms with Crippen molar-refractivity contribution in [3.05, 3.63) is 52.2 Å². The van der Waals surface area contributed by atoms with Gasteiger partial charge >= 0.3 is 0 Å². The van der Waals surface area contributed by atoms with Crippen LogP contribution in [0.25, 0.3) is 0 Å². The summed E-state index contributed by atoms with van der Waals surface area (Å²) in [6, 6.07) is 9.43. The van der Waals surface area contributed by atoms with Gasteiger partial charge in [0.1, 0.15) is 0 Å². The molecule has 0 aliphatic carbocycles. The van der Waals surface area contributed by atoms with Crippen LogP contribution in [0.2, 0.25) is 5.02 Å². The molecule has 1 aromatic carbocycles. The number of anilines is 1. The van der Waals surface area contributed by atoms with Crippen LogP contribution in [-0.2, 0) is 13.1 Å². The number of fused-ring (bicyclic) bond motifs is 1. The van der Waals surface area contributed by atoms with Crippen molar-refractivity contribution in [2.75, 3.05) is 18.0 Å². The first-order valence-corrected chi connectivity index (χ1v) is 8.24. The van der Waals surface area contributed by atoms with E-state index in [0.717, 1.165) is 30.0 Å². The number of aromatic nitrogens is 2. The Morgan fingerprint density at radius 2 is 1.78 bits per heavy atom. The van der Waals surface area contributed by atoms with Crippen molar-refractivity contribution < 1.29 is 4.79 Å². The minimum atomic E-state index is -0.0854. The number of hydrogen-bond acceptors (Lipinski definition) is 4. The highest BCUT2D eigenvalue weighted by molar-refractivity contribution is 6.30. The van der Waals surface area contributed by atoms with Crippen molar-refractivity contribution in [3.8, 4) is 0 Å². The average molecular weight is 329 g/mol. The van der Waals surface area contributed by atoms with E-state index in [1.165, 1.54) is 12.8 Å².